The van der Waals surface area contributed by atoms with Crippen molar-refractivity contribution in [3.63, 3.8) is 0 Å². The van der Waals surface area contributed by atoms with Crippen LogP contribution in [-0.2, 0) is 4.79 Å². The molecule has 8 heteroatoms. The van der Waals surface area contributed by atoms with Crippen LogP contribution in [0, 0.1) is 0 Å². The third kappa shape index (κ3) is 10.7. The maximum absolute atomic E-state index is 11.7. The van der Waals surface area contributed by atoms with Crippen LogP contribution in [0.2, 0.25) is 0 Å². The van der Waals surface area contributed by atoms with Crippen LogP contribution in [0.5, 0.6) is 5.75 Å². The van der Waals surface area contributed by atoms with Gasteiger partial charge in [-0.3, -0.25) is 9.79 Å². The van der Waals surface area contributed by atoms with E-state index in [1.165, 1.54) is 0 Å². The molecule has 1 aromatic carbocycles. The highest BCUT2D eigenvalue weighted by Crippen LogP contribution is 2.15. The molecule has 1 aromatic rings. The minimum atomic E-state index is -0.242. The Kier molecular flexibility index (Phi) is 11.0. The largest absolute Gasteiger partial charge is 0.492 e. The molecule has 0 saturated carbocycles. The fourth-order valence-electron chi connectivity index (χ4n) is 1.72. The van der Waals surface area contributed by atoms with Gasteiger partial charge in [-0.1, -0.05) is 15.9 Å². The fraction of sp³-hybridized carbons (Fsp3) is 0.500. The van der Waals surface area contributed by atoms with E-state index >= 15 is 0 Å². The second-order valence-corrected chi connectivity index (χ2v) is 6.87. The smallest absolute Gasteiger partial charge is 0.239 e. The van der Waals surface area contributed by atoms with Gasteiger partial charge in [0.2, 0.25) is 5.91 Å². The van der Waals surface area contributed by atoms with Crippen molar-refractivity contribution >= 4 is 51.8 Å². The number of ether oxygens (including phenoxy) is 1. The molecule has 0 spiro atoms. The number of rotatable bonds is 6. The zero-order valence-corrected chi connectivity index (χ0v) is 18.4. The van der Waals surface area contributed by atoms with Crippen LogP contribution < -0.4 is 20.7 Å². The summed E-state index contributed by atoms with van der Waals surface area (Å²) < 4.78 is 6.62. The van der Waals surface area contributed by atoms with Crippen LogP contribution in [0.15, 0.2) is 33.7 Å². The average molecular weight is 513 g/mol. The Morgan fingerprint density at radius 2 is 1.83 bits per heavy atom. The number of amides is 1. The highest BCUT2D eigenvalue weighted by molar-refractivity contribution is 14.0. The molecular formula is C16H26BrIN4O2. The minimum Gasteiger partial charge on any atom is -0.492 e. The van der Waals surface area contributed by atoms with Gasteiger partial charge in [0.25, 0.3) is 0 Å². The van der Waals surface area contributed by atoms with Crippen LogP contribution >= 0.6 is 39.9 Å². The molecule has 0 bridgehead atoms. The molecule has 0 fully saturated rings. The summed E-state index contributed by atoms with van der Waals surface area (Å²) in [4.78, 5) is 15.8. The van der Waals surface area contributed by atoms with Crippen molar-refractivity contribution in [2.24, 2.45) is 4.99 Å². The van der Waals surface area contributed by atoms with Gasteiger partial charge in [0, 0.05) is 17.1 Å². The predicted molar refractivity (Wildman–Crippen MR) is 112 cm³/mol. The monoisotopic (exact) mass is 512 g/mol. The molecule has 1 rings (SSSR count). The first-order valence-electron chi connectivity index (χ1n) is 7.44. The third-order valence-electron chi connectivity index (χ3n) is 2.63. The van der Waals surface area contributed by atoms with E-state index in [2.05, 4.69) is 36.9 Å². The number of guanidine groups is 1. The van der Waals surface area contributed by atoms with E-state index in [9.17, 15) is 4.79 Å². The maximum atomic E-state index is 11.7. The molecule has 3 N–H and O–H groups in total. The molecule has 6 nitrogen and oxygen atoms in total. The number of benzene rings is 1. The first-order valence-corrected chi connectivity index (χ1v) is 8.23. The highest BCUT2D eigenvalue weighted by Gasteiger charge is 2.13. The maximum Gasteiger partial charge on any atom is 0.239 e. The molecule has 0 aliphatic rings. The third-order valence-corrected chi connectivity index (χ3v) is 3.16. The molecule has 1 amide bonds. The molecule has 0 unspecified atom stereocenters. The Hall–Kier alpha value is -1.03. The molecule has 24 heavy (non-hydrogen) atoms. The van der Waals surface area contributed by atoms with Gasteiger partial charge in [0.15, 0.2) is 5.96 Å². The average Bonchev–Trinajstić information content (AvgIpc) is 2.46. The van der Waals surface area contributed by atoms with Crippen molar-refractivity contribution in [2.75, 3.05) is 26.7 Å². The van der Waals surface area contributed by atoms with Gasteiger partial charge >= 0.3 is 0 Å². The summed E-state index contributed by atoms with van der Waals surface area (Å²) in [5, 5.41) is 8.94. The molecule has 0 atom stereocenters. The topological polar surface area (TPSA) is 74.8 Å². The van der Waals surface area contributed by atoms with Gasteiger partial charge < -0.3 is 20.7 Å². The first kappa shape index (κ1) is 23.0. The zero-order chi connectivity index (χ0) is 17.3. The number of nitrogens with one attached hydrogen (secondary N) is 3. The van der Waals surface area contributed by atoms with Crippen molar-refractivity contribution in [2.45, 2.75) is 26.3 Å². The SMILES string of the molecule is CN=C(NCCOc1ccc(Br)cc1)NCC(=O)NC(C)(C)C.I. The Morgan fingerprint density at radius 3 is 2.38 bits per heavy atom. The molecule has 0 aliphatic carbocycles. The molecule has 0 aliphatic heterocycles. The first-order chi connectivity index (χ1) is 10.8. The van der Waals surface area contributed by atoms with Crippen molar-refractivity contribution in [1.29, 1.82) is 0 Å². The van der Waals surface area contributed by atoms with Gasteiger partial charge in [-0.05, 0) is 45.0 Å². The summed E-state index contributed by atoms with van der Waals surface area (Å²) in [5.41, 5.74) is -0.242. The summed E-state index contributed by atoms with van der Waals surface area (Å²) in [6, 6.07) is 7.65. The van der Waals surface area contributed by atoms with E-state index in [0.29, 0.717) is 19.1 Å². The molecule has 0 aromatic heterocycles. The Bertz CT molecular complexity index is 530. The number of aliphatic imine (C=N–C) groups is 1. The van der Waals surface area contributed by atoms with Crippen LogP contribution in [0.25, 0.3) is 0 Å². The van der Waals surface area contributed by atoms with E-state index in [0.717, 1.165) is 10.2 Å². The number of nitrogens with zero attached hydrogens (tertiary/aromatic N) is 1. The number of carbonyl (C=O) groups is 1. The summed E-state index contributed by atoms with van der Waals surface area (Å²) in [5.74, 6) is 1.29. The van der Waals surface area contributed by atoms with Gasteiger partial charge in [-0.25, -0.2) is 0 Å². The van der Waals surface area contributed by atoms with E-state index < -0.39 is 0 Å². The number of halogens is 2. The Balaban J connectivity index is 0.00000529. The lowest BCUT2D eigenvalue weighted by Gasteiger charge is -2.21. The van der Waals surface area contributed by atoms with E-state index in [4.69, 9.17) is 4.74 Å². The summed E-state index contributed by atoms with van der Waals surface area (Å²) >= 11 is 3.38. The molecule has 0 radical (unpaired) electrons. The van der Waals surface area contributed by atoms with Crippen molar-refractivity contribution < 1.29 is 9.53 Å². The summed E-state index contributed by atoms with van der Waals surface area (Å²) in [7, 11) is 1.66. The second-order valence-electron chi connectivity index (χ2n) is 5.95. The quantitative estimate of drug-likeness (QED) is 0.237. The van der Waals surface area contributed by atoms with E-state index in [1.807, 2.05) is 45.0 Å². The van der Waals surface area contributed by atoms with Gasteiger partial charge in [0.1, 0.15) is 12.4 Å². The van der Waals surface area contributed by atoms with Gasteiger partial charge in [-0.2, -0.15) is 0 Å². The van der Waals surface area contributed by atoms with Gasteiger partial charge in [0.05, 0.1) is 13.1 Å². The minimum absolute atomic E-state index is 0. The van der Waals surface area contributed by atoms with Gasteiger partial charge in [-0.15, -0.1) is 24.0 Å². The molecule has 0 saturated heterocycles. The van der Waals surface area contributed by atoms with E-state index in [1.54, 1.807) is 7.05 Å². The van der Waals surface area contributed by atoms with Crippen LogP contribution in [-0.4, -0.2) is 44.1 Å². The van der Waals surface area contributed by atoms with Crippen molar-refractivity contribution in [1.82, 2.24) is 16.0 Å². The number of hydrogen-bond acceptors (Lipinski definition) is 3. The standard InChI is InChI=1S/C16H25BrN4O2.HI/c1-16(2,3)21-14(22)11-20-15(18-4)19-9-10-23-13-7-5-12(17)6-8-13;/h5-8H,9-11H2,1-4H3,(H,21,22)(H2,18,19,20);1H. The van der Waals surface area contributed by atoms with Crippen LogP contribution in [0.1, 0.15) is 20.8 Å². The number of hydrogen-bond donors (Lipinski definition) is 3. The van der Waals surface area contributed by atoms with E-state index in [-0.39, 0.29) is 42.0 Å². The molecule has 0 heterocycles. The highest BCUT2D eigenvalue weighted by atomic mass is 127. The summed E-state index contributed by atoms with van der Waals surface area (Å²) in [6.07, 6.45) is 0. The zero-order valence-electron chi connectivity index (χ0n) is 14.5. The summed E-state index contributed by atoms with van der Waals surface area (Å²) in [6.45, 7) is 7.07. The van der Waals surface area contributed by atoms with Crippen LogP contribution in [0.3, 0.4) is 0 Å². The molecule has 136 valence electrons. The van der Waals surface area contributed by atoms with Crippen molar-refractivity contribution in [3.8, 4) is 5.75 Å². The Labute approximate surface area is 169 Å². The fourth-order valence-corrected chi connectivity index (χ4v) is 1.98. The lowest BCUT2D eigenvalue weighted by Crippen LogP contribution is -2.48. The lowest BCUT2D eigenvalue weighted by molar-refractivity contribution is -0.121. The number of carbonyl (C=O) groups excluding carboxylic acids is 1. The normalized spacial score (nSPS) is 11.3. The van der Waals surface area contributed by atoms with Crippen molar-refractivity contribution in [3.05, 3.63) is 28.7 Å². The predicted octanol–water partition coefficient (Wildman–Crippen LogP) is 2.53. The molecular weight excluding hydrogens is 487 g/mol. The van der Waals surface area contributed by atoms with Crippen LogP contribution in [0.4, 0.5) is 0 Å². The lowest BCUT2D eigenvalue weighted by atomic mass is 10.1. The second kappa shape index (κ2) is 11.5. The Morgan fingerprint density at radius 1 is 1.21 bits per heavy atom.